The third-order valence-electron chi connectivity index (χ3n) is 4.07. The van der Waals surface area contributed by atoms with Crippen LogP contribution in [-0.4, -0.2) is 27.4 Å². The molecule has 2 aromatic heterocycles. The van der Waals surface area contributed by atoms with E-state index in [-0.39, 0.29) is 17.3 Å². The van der Waals surface area contributed by atoms with Crippen molar-refractivity contribution in [3.8, 4) is 40.0 Å². The number of benzene rings is 2. The van der Waals surface area contributed by atoms with Crippen molar-refractivity contribution in [2.45, 2.75) is 6.18 Å². The summed E-state index contributed by atoms with van der Waals surface area (Å²) in [5.41, 5.74) is 1.38. The van der Waals surface area contributed by atoms with Crippen LogP contribution in [0.3, 0.4) is 0 Å². The van der Waals surface area contributed by atoms with Gasteiger partial charge in [0, 0.05) is 11.1 Å². The van der Waals surface area contributed by atoms with Crippen molar-refractivity contribution >= 4 is 0 Å². The number of ether oxygens (including phenoxy) is 1. The largest absolute Gasteiger partial charge is 0.497 e. The summed E-state index contributed by atoms with van der Waals surface area (Å²) in [5, 5.41) is 10.8. The standard InChI is InChI=1S/C19H13F3N4O2/c1-27-14-7-5-11(6-8-14)15-10-16(25-24-15)18-23-17(26-28-18)12-3-2-4-13(9-12)19(20,21)22/h2-10H,1H3,(H,24,25). The topological polar surface area (TPSA) is 76.8 Å². The number of rotatable bonds is 4. The first-order chi connectivity index (χ1) is 13.4. The lowest BCUT2D eigenvalue weighted by Gasteiger charge is -2.06. The molecule has 0 spiro atoms. The molecule has 0 atom stereocenters. The molecule has 0 aliphatic heterocycles. The zero-order chi connectivity index (χ0) is 19.7. The summed E-state index contributed by atoms with van der Waals surface area (Å²) in [6, 6.07) is 13.8. The zero-order valence-electron chi connectivity index (χ0n) is 14.5. The fourth-order valence-corrected chi connectivity index (χ4v) is 2.63. The first-order valence-electron chi connectivity index (χ1n) is 8.15. The van der Waals surface area contributed by atoms with Crippen molar-refractivity contribution in [3.63, 3.8) is 0 Å². The lowest BCUT2D eigenvalue weighted by Crippen LogP contribution is -2.04. The van der Waals surface area contributed by atoms with E-state index in [0.717, 1.165) is 23.4 Å². The molecule has 0 aliphatic carbocycles. The normalized spacial score (nSPS) is 11.6. The summed E-state index contributed by atoms with van der Waals surface area (Å²) in [6.07, 6.45) is -4.45. The van der Waals surface area contributed by atoms with E-state index in [1.807, 2.05) is 24.3 Å². The Morgan fingerprint density at radius 2 is 1.79 bits per heavy atom. The molecule has 4 aromatic rings. The first kappa shape index (κ1) is 17.8. The van der Waals surface area contributed by atoms with Gasteiger partial charge in [-0.3, -0.25) is 5.10 Å². The van der Waals surface area contributed by atoms with Gasteiger partial charge in [-0.2, -0.15) is 23.3 Å². The fraction of sp³-hybridized carbons (Fsp3) is 0.105. The van der Waals surface area contributed by atoms with Crippen molar-refractivity contribution in [2.75, 3.05) is 7.11 Å². The smallest absolute Gasteiger partial charge is 0.416 e. The van der Waals surface area contributed by atoms with Gasteiger partial charge in [0.05, 0.1) is 18.4 Å². The second-order valence-corrected chi connectivity index (χ2v) is 5.90. The van der Waals surface area contributed by atoms with Gasteiger partial charge in [-0.05, 0) is 42.5 Å². The quantitative estimate of drug-likeness (QED) is 0.544. The van der Waals surface area contributed by atoms with Crippen LogP contribution in [0.1, 0.15) is 5.56 Å². The molecule has 2 heterocycles. The molecule has 9 heteroatoms. The van der Waals surface area contributed by atoms with Gasteiger partial charge in [-0.1, -0.05) is 17.3 Å². The van der Waals surface area contributed by atoms with E-state index in [2.05, 4.69) is 20.3 Å². The predicted molar refractivity (Wildman–Crippen MR) is 94.3 cm³/mol. The van der Waals surface area contributed by atoms with E-state index in [0.29, 0.717) is 11.4 Å². The van der Waals surface area contributed by atoms with Gasteiger partial charge in [-0.25, -0.2) is 0 Å². The Labute approximate surface area is 157 Å². The number of halogens is 3. The summed E-state index contributed by atoms with van der Waals surface area (Å²) in [4.78, 5) is 4.17. The molecule has 0 unspecified atom stereocenters. The number of aromatic nitrogens is 4. The van der Waals surface area contributed by atoms with Gasteiger partial charge < -0.3 is 9.26 Å². The maximum absolute atomic E-state index is 12.9. The molecule has 0 aliphatic rings. The van der Waals surface area contributed by atoms with Crippen LogP contribution in [0.15, 0.2) is 59.1 Å². The Bertz CT molecular complexity index is 1100. The van der Waals surface area contributed by atoms with E-state index in [9.17, 15) is 13.2 Å². The summed E-state index contributed by atoms with van der Waals surface area (Å²) < 4.78 is 48.9. The van der Waals surface area contributed by atoms with E-state index < -0.39 is 11.7 Å². The highest BCUT2D eigenvalue weighted by atomic mass is 19.4. The van der Waals surface area contributed by atoms with Gasteiger partial charge in [0.1, 0.15) is 11.4 Å². The van der Waals surface area contributed by atoms with Crippen molar-refractivity contribution in [1.29, 1.82) is 0 Å². The minimum atomic E-state index is -4.45. The van der Waals surface area contributed by atoms with Crippen LogP contribution < -0.4 is 4.74 Å². The number of aromatic amines is 1. The molecule has 2 aromatic carbocycles. The second kappa shape index (κ2) is 6.84. The second-order valence-electron chi connectivity index (χ2n) is 5.90. The molecule has 0 saturated heterocycles. The Balaban J connectivity index is 1.61. The predicted octanol–water partition coefficient (Wildman–Crippen LogP) is 4.82. The molecule has 0 amide bonds. The van der Waals surface area contributed by atoms with Crippen LogP contribution >= 0.6 is 0 Å². The van der Waals surface area contributed by atoms with Gasteiger partial charge in [0.25, 0.3) is 5.89 Å². The SMILES string of the molecule is COc1ccc(-c2cc(-c3nc(-c4cccc(C(F)(F)F)c4)no3)[nH]n2)cc1. The summed E-state index contributed by atoms with van der Waals surface area (Å²) in [6.45, 7) is 0. The summed E-state index contributed by atoms with van der Waals surface area (Å²) in [7, 11) is 1.58. The molecular formula is C19H13F3N4O2. The zero-order valence-corrected chi connectivity index (χ0v) is 14.5. The average Bonchev–Trinajstić information content (AvgIpc) is 3.37. The van der Waals surface area contributed by atoms with E-state index in [1.165, 1.54) is 12.1 Å². The minimum Gasteiger partial charge on any atom is -0.497 e. The van der Waals surface area contributed by atoms with Gasteiger partial charge in [0.2, 0.25) is 5.82 Å². The molecular weight excluding hydrogens is 373 g/mol. The number of alkyl halides is 3. The van der Waals surface area contributed by atoms with Crippen molar-refractivity contribution < 1.29 is 22.4 Å². The van der Waals surface area contributed by atoms with E-state index >= 15 is 0 Å². The van der Waals surface area contributed by atoms with E-state index in [1.54, 1.807) is 13.2 Å². The third-order valence-corrected chi connectivity index (χ3v) is 4.07. The number of nitrogens with one attached hydrogen (secondary N) is 1. The molecule has 1 N–H and O–H groups in total. The van der Waals surface area contributed by atoms with Crippen LogP contribution in [0, 0.1) is 0 Å². The summed E-state index contributed by atoms with van der Waals surface area (Å²) >= 11 is 0. The van der Waals surface area contributed by atoms with Crippen LogP contribution in [0.5, 0.6) is 5.75 Å². The van der Waals surface area contributed by atoms with Crippen molar-refractivity contribution in [3.05, 3.63) is 60.2 Å². The average molecular weight is 386 g/mol. The highest BCUT2D eigenvalue weighted by Crippen LogP contribution is 2.32. The molecule has 142 valence electrons. The number of nitrogens with zero attached hydrogens (tertiary/aromatic N) is 3. The molecule has 0 fully saturated rings. The molecule has 0 saturated carbocycles. The van der Waals surface area contributed by atoms with Crippen LogP contribution in [0.2, 0.25) is 0 Å². The van der Waals surface area contributed by atoms with Gasteiger partial charge in [0.15, 0.2) is 0 Å². The van der Waals surface area contributed by atoms with Gasteiger partial charge >= 0.3 is 6.18 Å². The maximum atomic E-state index is 12.9. The van der Waals surface area contributed by atoms with E-state index in [4.69, 9.17) is 9.26 Å². The maximum Gasteiger partial charge on any atom is 0.416 e. The third kappa shape index (κ3) is 3.46. The van der Waals surface area contributed by atoms with Crippen LogP contribution in [-0.2, 0) is 6.18 Å². The first-order valence-corrected chi connectivity index (χ1v) is 8.15. The number of hydrogen-bond acceptors (Lipinski definition) is 5. The Morgan fingerprint density at radius 1 is 1.00 bits per heavy atom. The molecule has 0 radical (unpaired) electrons. The highest BCUT2D eigenvalue weighted by molar-refractivity contribution is 5.66. The number of methoxy groups -OCH3 is 1. The van der Waals surface area contributed by atoms with Crippen LogP contribution in [0.25, 0.3) is 34.2 Å². The summed E-state index contributed by atoms with van der Waals surface area (Å²) in [5.74, 6) is 0.906. The van der Waals surface area contributed by atoms with Crippen molar-refractivity contribution in [1.82, 2.24) is 20.3 Å². The fourth-order valence-electron chi connectivity index (χ4n) is 2.63. The Hall–Kier alpha value is -3.62. The molecule has 6 nitrogen and oxygen atoms in total. The van der Waals surface area contributed by atoms with Crippen LogP contribution in [0.4, 0.5) is 13.2 Å². The Morgan fingerprint density at radius 3 is 2.50 bits per heavy atom. The number of H-pyrrole nitrogens is 1. The lowest BCUT2D eigenvalue weighted by atomic mass is 10.1. The molecule has 4 rings (SSSR count). The molecule has 0 bridgehead atoms. The number of hydrogen-bond donors (Lipinski definition) is 1. The molecule has 28 heavy (non-hydrogen) atoms. The highest BCUT2D eigenvalue weighted by Gasteiger charge is 2.30. The van der Waals surface area contributed by atoms with Crippen molar-refractivity contribution in [2.24, 2.45) is 0 Å². The Kier molecular flexibility index (Phi) is 4.34. The lowest BCUT2D eigenvalue weighted by molar-refractivity contribution is -0.137. The van der Waals surface area contributed by atoms with Gasteiger partial charge in [-0.15, -0.1) is 0 Å². The monoisotopic (exact) mass is 386 g/mol. The minimum absolute atomic E-state index is 0.0571.